The molecule has 1 unspecified atom stereocenters. The molecule has 9 atom stereocenters. The number of carbonyl (C=O) groups is 2. The quantitative estimate of drug-likeness (QED) is 0.107. The molecule has 8 heteroatoms. The van der Waals surface area contributed by atoms with Gasteiger partial charge in [-0.2, -0.15) is 0 Å². The van der Waals surface area contributed by atoms with Gasteiger partial charge in [-0.1, -0.05) is 98.1 Å². The van der Waals surface area contributed by atoms with Gasteiger partial charge in [0.2, 0.25) is 0 Å². The van der Waals surface area contributed by atoms with Crippen molar-refractivity contribution in [1.82, 2.24) is 0 Å². The summed E-state index contributed by atoms with van der Waals surface area (Å²) >= 11 is 0. The van der Waals surface area contributed by atoms with Gasteiger partial charge < -0.3 is 29.9 Å². The lowest BCUT2D eigenvalue weighted by Gasteiger charge is -2.52. The highest BCUT2D eigenvalue weighted by molar-refractivity contribution is 5.71. The van der Waals surface area contributed by atoms with Gasteiger partial charge in [0.05, 0.1) is 18.1 Å². The standard InChI is InChI=1S/C36H58O8/c1-7-9-11-12-13-14-16-18-28(39)44-35-21-24(4)34-20-23(3)32(43-27(38)17-15-10-8-2)36(34,42)30(40)25(22-37)19-26(31(34)41)29(35)33(35,5)6/h19-20,24,26,29-32,37,40-42H,7-18,21-22H2,1-6H3/t24-,26+,29-,30-,31?,32+,34+,35+,36+/m1/s1. The van der Waals surface area contributed by atoms with Crippen LogP contribution in [0.1, 0.15) is 125 Å². The van der Waals surface area contributed by atoms with Crippen molar-refractivity contribution in [3.8, 4) is 0 Å². The first-order chi connectivity index (χ1) is 20.8. The fraction of sp³-hybridized carbons (Fsp3) is 0.833. The lowest BCUT2D eigenvalue weighted by atomic mass is 9.58. The zero-order valence-corrected chi connectivity index (χ0v) is 27.9. The third-order valence-corrected chi connectivity index (χ3v) is 11.8. The third-order valence-electron chi connectivity index (χ3n) is 11.8. The van der Waals surface area contributed by atoms with Crippen molar-refractivity contribution < 1.29 is 39.5 Å². The molecule has 0 aromatic carbocycles. The summed E-state index contributed by atoms with van der Waals surface area (Å²) in [6, 6.07) is 0. The van der Waals surface area contributed by atoms with Gasteiger partial charge in [-0.3, -0.25) is 9.59 Å². The van der Waals surface area contributed by atoms with Gasteiger partial charge in [0.15, 0.2) is 6.10 Å². The molecule has 0 aromatic rings. The number of unbranched alkanes of at least 4 members (excludes halogenated alkanes) is 8. The number of fused-ring (bicyclic) bond motifs is 3. The summed E-state index contributed by atoms with van der Waals surface area (Å²) in [7, 11) is 0. The minimum atomic E-state index is -2.12. The second-order valence-corrected chi connectivity index (χ2v) is 14.8. The van der Waals surface area contributed by atoms with E-state index in [-0.39, 0.29) is 23.9 Å². The Morgan fingerprint density at radius 1 is 0.932 bits per heavy atom. The van der Waals surface area contributed by atoms with Gasteiger partial charge in [-0.05, 0) is 43.3 Å². The molecule has 0 amide bonds. The Hall–Kier alpha value is -1.74. The highest BCUT2D eigenvalue weighted by atomic mass is 16.6. The van der Waals surface area contributed by atoms with Crippen LogP contribution in [0.3, 0.4) is 0 Å². The molecule has 4 aliphatic carbocycles. The summed E-state index contributed by atoms with van der Waals surface area (Å²) in [6.07, 6.45) is 10.6. The van der Waals surface area contributed by atoms with E-state index in [4.69, 9.17) is 9.47 Å². The fourth-order valence-electron chi connectivity index (χ4n) is 9.39. The normalized spacial score (nSPS) is 38.4. The Morgan fingerprint density at radius 3 is 2.14 bits per heavy atom. The number of aliphatic hydroxyl groups is 4. The molecule has 0 aliphatic heterocycles. The molecule has 0 radical (unpaired) electrons. The lowest BCUT2D eigenvalue weighted by molar-refractivity contribution is -0.225. The molecule has 0 saturated heterocycles. The lowest BCUT2D eigenvalue weighted by Crippen LogP contribution is -2.67. The molecule has 2 saturated carbocycles. The van der Waals surface area contributed by atoms with Gasteiger partial charge >= 0.3 is 11.9 Å². The molecule has 250 valence electrons. The molecule has 2 fully saturated rings. The van der Waals surface area contributed by atoms with Crippen molar-refractivity contribution in [2.24, 2.45) is 28.6 Å². The Bertz CT molecular complexity index is 1110. The molecular weight excluding hydrogens is 560 g/mol. The Kier molecular flexibility index (Phi) is 10.8. The van der Waals surface area contributed by atoms with Crippen molar-refractivity contribution in [2.75, 3.05) is 6.61 Å². The number of ether oxygens (including phenoxy) is 2. The molecule has 0 aromatic heterocycles. The first-order valence-corrected chi connectivity index (χ1v) is 17.3. The first-order valence-electron chi connectivity index (χ1n) is 17.3. The van der Waals surface area contributed by atoms with Crippen LogP contribution in [-0.2, 0) is 19.1 Å². The Labute approximate surface area is 264 Å². The van der Waals surface area contributed by atoms with E-state index in [1.54, 1.807) is 19.1 Å². The van der Waals surface area contributed by atoms with E-state index in [1.165, 1.54) is 25.7 Å². The second kappa shape index (κ2) is 13.5. The van der Waals surface area contributed by atoms with Crippen LogP contribution in [0, 0.1) is 28.6 Å². The fourth-order valence-corrected chi connectivity index (χ4v) is 9.39. The van der Waals surface area contributed by atoms with Crippen LogP contribution in [0.2, 0.25) is 0 Å². The molecule has 4 N–H and O–H groups in total. The number of carbonyl (C=O) groups excluding carboxylic acids is 2. The van der Waals surface area contributed by atoms with Crippen LogP contribution < -0.4 is 0 Å². The molecule has 0 heterocycles. The number of hydrogen-bond acceptors (Lipinski definition) is 8. The van der Waals surface area contributed by atoms with E-state index in [2.05, 4.69) is 6.92 Å². The van der Waals surface area contributed by atoms with Crippen molar-refractivity contribution in [2.45, 2.75) is 155 Å². The van der Waals surface area contributed by atoms with Crippen LogP contribution in [0.4, 0.5) is 0 Å². The minimum Gasteiger partial charge on any atom is -0.458 e. The SMILES string of the molecule is CCCCCCCCCC(=O)O[C@@]12C[C@@H](C)[C@]34C=C(C)[C@H](OC(=O)CCCCC)[C@@]3(O)[C@H](O)C(CO)=C[C@H](C4O)[C@@H]1C2(C)C. The van der Waals surface area contributed by atoms with Crippen LogP contribution in [0.5, 0.6) is 0 Å². The van der Waals surface area contributed by atoms with E-state index in [0.29, 0.717) is 24.8 Å². The van der Waals surface area contributed by atoms with Crippen LogP contribution in [0.15, 0.2) is 23.3 Å². The van der Waals surface area contributed by atoms with E-state index in [1.807, 2.05) is 27.7 Å². The van der Waals surface area contributed by atoms with E-state index in [9.17, 15) is 30.0 Å². The average molecular weight is 619 g/mol. The van der Waals surface area contributed by atoms with Crippen LogP contribution >= 0.6 is 0 Å². The first kappa shape index (κ1) is 35.1. The molecule has 4 rings (SSSR count). The molecular formula is C36H58O8. The van der Waals surface area contributed by atoms with Gasteiger partial charge in [0.25, 0.3) is 0 Å². The number of aliphatic hydroxyl groups excluding tert-OH is 3. The van der Waals surface area contributed by atoms with E-state index >= 15 is 0 Å². The predicted octanol–water partition coefficient (Wildman–Crippen LogP) is 5.54. The molecule has 1 spiro atoms. The molecule has 4 aliphatic rings. The summed E-state index contributed by atoms with van der Waals surface area (Å²) in [5, 5.41) is 47.3. The topological polar surface area (TPSA) is 134 Å². The number of esters is 2. The summed E-state index contributed by atoms with van der Waals surface area (Å²) in [6.45, 7) is 11.5. The Morgan fingerprint density at radius 2 is 1.50 bits per heavy atom. The number of rotatable bonds is 15. The van der Waals surface area contributed by atoms with Crippen molar-refractivity contribution in [1.29, 1.82) is 0 Å². The van der Waals surface area contributed by atoms with Gasteiger partial charge in [0, 0.05) is 30.1 Å². The van der Waals surface area contributed by atoms with Gasteiger partial charge in [-0.15, -0.1) is 0 Å². The minimum absolute atomic E-state index is 0.175. The maximum absolute atomic E-state index is 13.3. The van der Waals surface area contributed by atoms with Crippen molar-refractivity contribution >= 4 is 11.9 Å². The molecule has 2 bridgehead atoms. The van der Waals surface area contributed by atoms with E-state index < -0.39 is 64.8 Å². The zero-order chi connectivity index (χ0) is 32.5. The highest BCUT2D eigenvalue weighted by Gasteiger charge is 2.83. The van der Waals surface area contributed by atoms with Crippen molar-refractivity contribution in [3.63, 3.8) is 0 Å². The van der Waals surface area contributed by atoms with E-state index in [0.717, 1.165) is 32.1 Å². The largest absolute Gasteiger partial charge is 0.458 e. The maximum atomic E-state index is 13.3. The third kappa shape index (κ3) is 5.60. The van der Waals surface area contributed by atoms with Crippen molar-refractivity contribution in [3.05, 3.63) is 23.3 Å². The zero-order valence-electron chi connectivity index (χ0n) is 27.9. The highest BCUT2D eigenvalue weighted by Crippen LogP contribution is 2.76. The van der Waals surface area contributed by atoms with Gasteiger partial charge in [-0.25, -0.2) is 0 Å². The molecule has 8 nitrogen and oxygen atoms in total. The Balaban J connectivity index is 1.64. The predicted molar refractivity (Wildman–Crippen MR) is 168 cm³/mol. The summed E-state index contributed by atoms with van der Waals surface area (Å²) in [5.41, 5.74) is -4.16. The number of hydrogen-bond donors (Lipinski definition) is 4. The van der Waals surface area contributed by atoms with Crippen LogP contribution in [0.25, 0.3) is 0 Å². The second-order valence-electron chi connectivity index (χ2n) is 14.8. The smallest absolute Gasteiger partial charge is 0.306 e. The van der Waals surface area contributed by atoms with Crippen LogP contribution in [-0.4, -0.2) is 68.5 Å². The summed E-state index contributed by atoms with van der Waals surface area (Å²) in [5.74, 6) is -2.09. The summed E-state index contributed by atoms with van der Waals surface area (Å²) < 4.78 is 12.3. The molecule has 44 heavy (non-hydrogen) atoms. The summed E-state index contributed by atoms with van der Waals surface area (Å²) in [4.78, 5) is 26.3. The maximum Gasteiger partial charge on any atom is 0.306 e. The average Bonchev–Trinajstić information content (AvgIpc) is 3.37. The van der Waals surface area contributed by atoms with Gasteiger partial charge in [0.1, 0.15) is 17.3 Å². The monoisotopic (exact) mass is 618 g/mol.